The zero-order valence-corrected chi connectivity index (χ0v) is 9.73. The highest BCUT2D eigenvalue weighted by Crippen LogP contribution is 2.38. The zero-order chi connectivity index (χ0) is 9.52. The maximum absolute atomic E-state index is 9.80. The molecule has 13 heavy (non-hydrogen) atoms. The molecule has 0 radical (unpaired) electrons. The highest BCUT2D eigenvalue weighted by molar-refractivity contribution is 7.51. The molecular weight excluding hydrogens is 179 g/mol. The molecule has 0 aromatic heterocycles. The van der Waals surface area contributed by atoms with Gasteiger partial charge < -0.3 is 4.89 Å². The van der Waals surface area contributed by atoms with Crippen molar-refractivity contribution < 1.29 is 4.89 Å². The summed E-state index contributed by atoms with van der Waals surface area (Å²) in [5.41, 5.74) is 0. The Morgan fingerprint density at radius 1 is 1.23 bits per heavy atom. The summed E-state index contributed by atoms with van der Waals surface area (Å²) in [6.45, 7) is 2.20. The van der Waals surface area contributed by atoms with Crippen LogP contribution in [0.5, 0.6) is 0 Å². The van der Waals surface area contributed by atoms with Gasteiger partial charge in [0.1, 0.15) is 0 Å². The van der Waals surface area contributed by atoms with E-state index >= 15 is 0 Å². The molecule has 2 heteroatoms. The summed E-state index contributed by atoms with van der Waals surface area (Å²) >= 11 is 0. The summed E-state index contributed by atoms with van der Waals surface area (Å²) < 4.78 is 0. The monoisotopic (exact) mass is 202 g/mol. The molecule has 1 saturated carbocycles. The fourth-order valence-electron chi connectivity index (χ4n) is 2.10. The lowest BCUT2D eigenvalue weighted by atomic mass is 9.91. The van der Waals surface area contributed by atoms with Crippen LogP contribution in [-0.4, -0.2) is 17.2 Å². The minimum atomic E-state index is -0.609. The molecule has 1 unspecified atom stereocenters. The van der Waals surface area contributed by atoms with E-state index in [1.165, 1.54) is 44.9 Å². The van der Waals surface area contributed by atoms with Gasteiger partial charge in [-0.2, -0.15) is 0 Å². The van der Waals surface area contributed by atoms with Crippen LogP contribution in [0.2, 0.25) is 0 Å². The van der Waals surface area contributed by atoms with Gasteiger partial charge in [-0.1, -0.05) is 45.4 Å². The number of rotatable bonds is 5. The van der Waals surface area contributed by atoms with Gasteiger partial charge in [-0.25, -0.2) is 0 Å². The van der Waals surface area contributed by atoms with Gasteiger partial charge >= 0.3 is 0 Å². The predicted octanol–water partition coefficient (Wildman–Crippen LogP) is 3.76. The van der Waals surface area contributed by atoms with Gasteiger partial charge in [0.05, 0.1) is 0 Å². The second-order valence-electron chi connectivity index (χ2n) is 4.27. The van der Waals surface area contributed by atoms with Crippen LogP contribution in [0.4, 0.5) is 0 Å². The molecule has 0 amide bonds. The highest BCUT2D eigenvalue weighted by atomic mass is 31.1. The van der Waals surface area contributed by atoms with Crippen LogP contribution in [0, 0.1) is 5.92 Å². The third kappa shape index (κ3) is 4.98. The topological polar surface area (TPSA) is 20.2 Å². The summed E-state index contributed by atoms with van der Waals surface area (Å²) in [4.78, 5) is 9.80. The summed E-state index contributed by atoms with van der Waals surface area (Å²) in [6.07, 6.45) is 11.7. The molecule has 1 fully saturated rings. The highest BCUT2D eigenvalue weighted by Gasteiger charge is 2.16. The standard InChI is InChI=1S/C11H23OP/c1-2-3-9-13(12)10-11-7-5-4-6-8-11/h11-12H,2-10H2,1H3. The molecule has 0 saturated heterocycles. The van der Waals surface area contributed by atoms with Gasteiger partial charge in [0.2, 0.25) is 0 Å². The molecule has 78 valence electrons. The first-order valence-corrected chi connectivity index (χ1v) is 7.43. The van der Waals surface area contributed by atoms with Crippen molar-refractivity contribution in [2.75, 3.05) is 12.3 Å². The minimum absolute atomic E-state index is 0.609. The van der Waals surface area contributed by atoms with Gasteiger partial charge in [0.25, 0.3) is 0 Å². The van der Waals surface area contributed by atoms with E-state index in [-0.39, 0.29) is 0 Å². The van der Waals surface area contributed by atoms with Crippen molar-refractivity contribution in [1.29, 1.82) is 0 Å². The first kappa shape index (κ1) is 11.5. The molecule has 1 N–H and O–H groups in total. The molecule has 0 heterocycles. The molecule has 1 nitrogen and oxygen atoms in total. The maximum Gasteiger partial charge on any atom is 0.0254 e. The summed E-state index contributed by atoms with van der Waals surface area (Å²) in [5.74, 6) is 0.863. The second-order valence-corrected chi connectivity index (χ2v) is 6.10. The lowest BCUT2D eigenvalue weighted by Crippen LogP contribution is -2.10. The van der Waals surface area contributed by atoms with Gasteiger partial charge in [-0.05, 0) is 24.7 Å². The van der Waals surface area contributed by atoms with Crippen molar-refractivity contribution >= 4 is 8.15 Å². The third-order valence-corrected chi connectivity index (χ3v) is 4.73. The maximum atomic E-state index is 9.80. The van der Waals surface area contributed by atoms with Crippen LogP contribution in [0.25, 0.3) is 0 Å². The van der Waals surface area contributed by atoms with E-state index in [9.17, 15) is 4.89 Å². The number of hydrogen-bond acceptors (Lipinski definition) is 1. The Kier molecular flexibility index (Phi) is 5.98. The predicted molar refractivity (Wildman–Crippen MR) is 60.4 cm³/mol. The van der Waals surface area contributed by atoms with Gasteiger partial charge in [0.15, 0.2) is 0 Å². The molecule has 0 bridgehead atoms. The van der Waals surface area contributed by atoms with Crippen LogP contribution in [0.3, 0.4) is 0 Å². The van der Waals surface area contributed by atoms with E-state index < -0.39 is 8.15 Å². The Hall–Kier alpha value is 0.390. The molecule has 1 aliphatic rings. The average Bonchev–Trinajstić information content (AvgIpc) is 2.16. The van der Waals surface area contributed by atoms with Gasteiger partial charge in [0, 0.05) is 8.15 Å². The number of unbranched alkanes of at least 4 members (excludes halogenated alkanes) is 1. The lowest BCUT2D eigenvalue weighted by Gasteiger charge is -2.23. The number of hydrogen-bond donors (Lipinski definition) is 1. The van der Waals surface area contributed by atoms with Crippen molar-refractivity contribution in [1.82, 2.24) is 0 Å². The SMILES string of the molecule is CCCCP(O)CC1CCCCC1. The van der Waals surface area contributed by atoms with Gasteiger partial charge in [-0.15, -0.1) is 0 Å². The Morgan fingerprint density at radius 2 is 1.92 bits per heavy atom. The van der Waals surface area contributed by atoms with E-state index in [1.54, 1.807) is 0 Å². The van der Waals surface area contributed by atoms with E-state index in [4.69, 9.17) is 0 Å². The zero-order valence-electron chi connectivity index (χ0n) is 8.84. The average molecular weight is 202 g/mol. The largest absolute Gasteiger partial charge is 0.374 e. The van der Waals surface area contributed by atoms with E-state index in [1.807, 2.05) is 0 Å². The van der Waals surface area contributed by atoms with Crippen molar-refractivity contribution in [3.05, 3.63) is 0 Å². The van der Waals surface area contributed by atoms with E-state index in [0.29, 0.717) is 0 Å². The fourth-order valence-corrected chi connectivity index (χ4v) is 3.92. The second kappa shape index (κ2) is 6.79. The van der Waals surface area contributed by atoms with E-state index in [2.05, 4.69) is 6.92 Å². The third-order valence-electron chi connectivity index (χ3n) is 2.96. The van der Waals surface area contributed by atoms with Crippen LogP contribution >= 0.6 is 8.15 Å². The minimum Gasteiger partial charge on any atom is -0.374 e. The first-order chi connectivity index (χ1) is 6.33. The van der Waals surface area contributed by atoms with Crippen molar-refractivity contribution in [2.24, 2.45) is 5.92 Å². The normalized spacial score (nSPS) is 21.7. The molecule has 1 atom stereocenters. The Balaban J connectivity index is 2.07. The molecule has 1 rings (SSSR count). The molecule has 1 aliphatic carbocycles. The van der Waals surface area contributed by atoms with E-state index in [0.717, 1.165) is 18.2 Å². The first-order valence-electron chi connectivity index (χ1n) is 5.76. The van der Waals surface area contributed by atoms with Crippen molar-refractivity contribution in [3.63, 3.8) is 0 Å². The van der Waals surface area contributed by atoms with Gasteiger partial charge in [-0.3, -0.25) is 0 Å². The van der Waals surface area contributed by atoms with Crippen LogP contribution in [0.15, 0.2) is 0 Å². The molecule has 0 spiro atoms. The van der Waals surface area contributed by atoms with Crippen LogP contribution < -0.4 is 0 Å². The molecule has 0 aromatic rings. The summed E-state index contributed by atoms with van der Waals surface area (Å²) in [6, 6.07) is 0. The molecular formula is C11H23OP. The smallest absolute Gasteiger partial charge is 0.0254 e. The Bertz CT molecular complexity index is 121. The fraction of sp³-hybridized carbons (Fsp3) is 1.00. The van der Waals surface area contributed by atoms with Crippen molar-refractivity contribution in [3.8, 4) is 0 Å². The summed E-state index contributed by atoms with van der Waals surface area (Å²) in [5, 5.41) is 0. The molecule has 0 aliphatic heterocycles. The molecule has 0 aromatic carbocycles. The Morgan fingerprint density at radius 3 is 2.54 bits per heavy atom. The summed E-state index contributed by atoms with van der Waals surface area (Å²) in [7, 11) is -0.609. The lowest BCUT2D eigenvalue weighted by molar-refractivity contribution is 0.384. The Labute approximate surface area is 83.8 Å². The quantitative estimate of drug-likeness (QED) is 0.673. The van der Waals surface area contributed by atoms with Crippen LogP contribution in [-0.2, 0) is 0 Å². The van der Waals surface area contributed by atoms with Crippen LogP contribution in [0.1, 0.15) is 51.9 Å². The van der Waals surface area contributed by atoms with Crippen molar-refractivity contribution in [2.45, 2.75) is 51.9 Å².